The number of rotatable bonds is 6. The first-order chi connectivity index (χ1) is 9.81. The summed E-state index contributed by atoms with van der Waals surface area (Å²) in [5.41, 5.74) is 0. The van der Waals surface area contributed by atoms with Crippen molar-refractivity contribution in [2.75, 3.05) is 0 Å². The van der Waals surface area contributed by atoms with Crippen molar-refractivity contribution in [1.82, 2.24) is 0 Å². The minimum atomic E-state index is 0. The Bertz CT molecular complexity index is 635. The van der Waals surface area contributed by atoms with E-state index in [1.54, 1.807) is 22.7 Å². The molecule has 0 amide bonds. The minimum absolute atomic E-state index is 0. The maximum absolute atomic E-state index is 5.36. The van der Waals surface area contributed by atoms with Gasteiger partial charge in [0.05, 0.1) is 8.42 Å². The Labute approximate surface area is 163 Å². The molecule has 0 aliphatic carbocycles. The van der Waals surface area contributed by atoms with Crippen molar-refractivity contribution in [2.45, 2.75) is 19.9 Å². The van der Waals surface area contributed by atoms with Crippen LogP contribution < -0.4 is 0 Å². The monoisotopic (exact) mass is 448 g/mol. The number of thiophene rings is 2. The molecule has 3 aromatic heterocycles. The van der Waals surface area contributed by atoms with Gasteiger partial charge in [0, 0.05) is 37.8 Å². The Kier molecular flexibility index (Phi) is 8.00. The van der Waals surface area contributed by atoms with Gasteiger partial charge in [-0.3, -0.25) is 0 Å². The van der Waals surface area contributed by atoms with E-state index in [4.69, 9.17) is 12.2 Å². The fraction of sp³-hybridized carbons (Fsp3) is 0.154. The molecule has 0 atom stereocenters. The second-order valence-corrected chi connectivity index (χ2v) is 11.5. The van der Waals surface area contributed by atoms with Crippen LogP contribution in [0.5, 0.6) is 0 Å². The van der Waals surface area contributed by atoms with Crippen LogP contribution in [-0.4, -0.2) is 0 Å². The van der Waals surface area contributed by atoms with Crippen molar-refractivity contribution >= 4 is 81.1 Å². The van der Waals surface area contributed by atoms with Crippen LogP contribution in [0.15, 0.2) is 43.4 Å². The van der Waals surface area contributed by atoms with Gasteiger partial charge >= 0.3 is 0 Å². The first-order valence-corrected chi connectivity index (χ1v) is 11.5. The van der Waals surface area contributed by atoms with Crippen molar-refractivity contribution in [1.29, 1.82) is 0 Å². The Balaban J connectivity index is 0.00000161. The standard InChI is InChI=1S/C13H10S7.Ni/c14-13-19-11(17-7-9-3-1-5-15-9)12(20-13)18-8-10-4-2-6-16-10;/h1-6H,7-8H2;. The van der Waals surface area contributed by atoms with Gasteiger partial charge < -0.3 is 0 Å². The molecule has 0 fully saturated rings. The Morgan fingerprint density at radius 2 is 1.33 bits per heavy atom. The summed E-state index contributed by atoms with van der Waals surface area (Å²) in [6.45, 7) is 0. The zero-order valence-corrected chi connectivity index (χ0v) is 17.3. The second kappa shape index (κ2) is 9.23. The third kappa shape index (κ3) is 5.46. The quantitative estimate of drug-likeness (QED) is 0.221. The maximum Gasteiger partial charge on any atom is 0.145 e. The number of hydrogen-bond acceptors (Lipinski definition) is 7. The summed E-state index contributed by atoms with van der Waals surface area (Å²) < 4.78 is 3.80. The molecule has 114 valence electrons. The van der Waals surface area contributed by atoms with E-state index in [0.717, 1.165) is 14.6 Å². The SMILES string of the molecule is S=c1sc(SCc2cccs2)c(SCc2cccs2)s1.[Ni]. The molecule has 0 nitrogen and oxygen atoms in total. The van der Waals surface area contributed by atoms with E-state index >= 15 is 0 Å². The van der Waals surface area contributed by atoms with Crippen molar-refractivity contribution in [2.24, 2.45) is 0 Å². The van der Waals surface area contributed by atoms with E-state index < -0.39 is 0 Å². The van der Waals surface area contributed by atoms with Gasteiger partial charge in [0.25, 0.3) is 0 Å². The molecular weight excluding hydrogens is 439 g/mol. The van der Waals surface area contributed by atoms with Gasteiger partial charge in [0.1, 0.15) is 3.14 Å². The zero-order valence-electron chi connectivity index (χ0n) is 10.6. The predicted molar refractivity (Wildman–Crippen MR) is 101 cm³/mol. The molecule has 0 radical (unpaired) electrons. The molecule has 0 bridgehead atoms. The van der Waals surface area contributed by atoms with Crippen LogP contribution in [0.4, 0.5) is 0 Å². The molecule has 0 saturated heterocycles. The first kappa shape index (κ1) is 18.2. The summed E-state index contributed by atoms with van der Waals surface area (Å²) in [7, 11) is 0. The van der Waals surface area contributed by atoms with Crippen molar-refractivity contribution in [3.8, 4) is 0 Å². The molecule has 8 heteroatoms. The fourth-order valence-corrected chi connectivity index (χ4v) is 9.15. The molecule has 3 rings (SSSR count). The molecule has 0 spiro atoms. The van der Waals surface area contributed by atoms with Crippen LogP contribution in [0.25, 0.3) is 0 Å². The maximum atomic E-state index is 5.36. The van der Waals surface area contributed by atoms with Crippen LogP contribution >= 0.6 is 81.1 Å². The first-order valence-electron chi connectivity index (χ1n) is 5.75. The molecule has 0 aliphatic rings. The van der Waals surface area contributed by atoms with Gasteiger partial charge in [0.15, 0.2) is 0 Å². The average molecular weight is 449 g/mol. The summed E-state index contributed by atoms with van der Waals surface area (Å²) in [5.74, 6) is 2.10. The fourth-order valence-electron chi connectivity index (χ4n) is 1.50. The van der Waals surface area contributed by atoms with Gasteiger partial charge in [-0.1, -0.05) is 24.4 Å². The number of thioether (sulfide) groups is 2. The molecular formula is C13H10NiS7. The van der Waals surface area contributed by atoms with Gasteiger partial charge in [-0.25, -0.2) is 0 Å². The van der Waals surface area contributed by atoms with E-state index in [-0.39, 0.29) is 16.5 Å². The minimum Gasteiger partial charge on any atom is -0.148 e. The van der Waals surface area contributed by atoms with E-state index in [9.17, 15) is 0 Å². The van der Waals surface area contributed by atoms with Gasteiger partial charge in [0.2, 0.25) is 0 Å². The molecule has 21 heavy (non-hydrogen) atoms. The summed E-state index contributed by atoms with van der Waals surface area (Å²) in [4.78, 5) is 2.85. The van der Waals surface area contributed by atoms with Crippen molar-refractivity contribution in [3.05, 3.63) is 47.9 Å². The van der Waals surface area contributed by atoms with E-state index in [1.807, 2.05) is 46.2 Å². The molecule has 0 aliphatic heterocycles. The zero-order chi connectivity index (χ0) is 13.8. The van der Waals surface area contributed by atoms with Crippen LogP contribution in [0.3, 0.4) is 0 Å². The van der Waals surface area contributed by atoms with Gasteiger partial charge in [-0.2, -0.15) is 0 Å². The molecule has 3 aromatic rings. The molecule has 0 saturated carbocycles. The van der Waals surface area contributed by atoms with Crippen molar-refractivity contribution < 1.29 is 16.5 Å². The Morgan fingerprint density at radius 1 is 0.857 bits per heavy atom. The van der Waals surface area contributed by atoms with Crippen LogP contribution in [0.1, 0.15) is 9.75 Å². The smallest absolute Gasteiger partial charge is 0.145 e. The third-order valence-corrected chi connectivity index (χ3v) is 10.2. The second-order valence-electron chi connectivity index (χ2n) is 3.77. The van der Waals surface area contributed by atoms with Crippen LogP contribution in [0.2, 0.25) is 0 Å². The third-order valence-electron chi connectivity index (χ3n) is 2.37. The van der Waals surface area contributed by atoms with Crippen molar-refractivity contribution in [3.63, 3.8) is 0 Å². The summed E-state index contributed by atoms with van der Waals surface area (Å²) in [5, 5.41) is 4.27. The normalized spacial score (nSPS) is 10.5. The summed E-state index contributed by atoms with van der Waals surface area (Å²) >= 11 is 16.4. The molecule has 0 N–H and O–H groups in total. The Morgan fingerprint density at radius 3 is 1.71 bits per heavy atom. The summed E-state index contributed by atoms with van der Waals surface area (Å²) in [6.07, 6.45) is 0. The number of hydrogen-bond donors (Lipinski definition) is 0. The largest absolute Gasteiger partial charge is 0.148 e. The molecule has 0 aromatic carbocycles. The molecule has 3 heterocycles. The van der Waals surface area contributed by atoms with E-state index in [0.29, 0.717) is 0 Å². The summed E-state index contributed by atoms with van der Waals surface area (Å²) in [6, 6.07) is 8.62. The van der Waals surface area contributed by atoms with Gasteiger partial charge in [-0.15, -0.1) is 68.9 Å². The van der Waals surface area contributed by atoms with Crippen LogP contribution in [0, 0.1) is 3.14 Å². The van der Waals surface area contributed by atoms with E-state index in [1.165, 1.54) is 18.2 Å². The topological polar surface area (TPSA) is 0 Å². The average Bonchev–Trinajstić information content (AvgIpc) is 3.16. The van der Waals surface area contributed by atoms with Crippen LogP contribution in [-0.2, 0) is 28.0 Å². The Hall–Kier alpha value is 0.864. The van der Waals surface area contributed by atoms with Gasteiger partial charge in [-0.05, 0) is 22.9 Å². The molecule has 0 unspecified atom stereocenters. The predicted octanol–water partition coefficient (Wildman–Crippen LogP) is 7.24. The van der Waals surface area contributed by atoms with E-state index in [2.05, 4.69) is 35.0 Å².